The molecule has 0 aliphatic heterocycles. The van der Waals surface area contributed by atoms with Crippen LogP contribution in [0.25, 0.3) is 0 Å². The van der Waals surface area contributed by atoms with Crippen molar-refractivity contribution >= 4 is 17.7 Å². The predicted molar refractivity (Wildman–Crippen MR) is 77.1 cm³/mol. The number of rotatable bonds is 6. The summed E-state index contributed by atoms with van der Waals surface area (Å²) in [4.78, 5) is 13.6. The number of alkyl halides is 1. The summed E-state index contributed by atoms with van der Waals surface area (Å²) in [6.45, 7) is 12.1. The Morgan fingerprint density at radius 2 is 1.94 bits per heavy atom. The maximum atomic E-state index is 11.8. The summed E-state index contributed by atoms with van der Waals surface area (Å²) in [5.41, 5.74) is 1.40. The molecule has 0 bridgehead atoms. The fourth-order valence-electron chi connectivity index (χ4n) is 1.24. The Balaban J connectivity index is 4.41. The van der Waals surface area contributed by atoms with E-state index in [9.17, 15) is 4.79 Å². The molecule has 3 nitrogen and oxygen atoms in total. The van der Waals surface area contributed by atoms with Crippen LogP contribution in [0.5, 0.6) is 0 Å². The van der Waals surface area contributed by atoms with E-state index in [1.54, 1.807) is 4.90 Å². The highest BCUT2D eigenvalue weighted by atomic mass is 35.5. The molecule has 0 fully saturated rings. The normalized spacial score (nSPS) is 11.0. The molecule has 0 atom stereocenters. The minimum Gasteiger partial charge on any atom is -0.448 e. The summed E-state index contributed by atoms with van der Waals surface area (Å²) in [6, 6.07) is 0. The zero-order valence-corrected chi connectivity index (χ0v) is 13.0. The maximum absolute atomic E-state index is 11.8. The van der Waals surface area contributed by atoms with Crippen molar-refractivity contribution < 1.29 is 9.53 Å². The van der Waals surface area contributed by atoms with Crippen LogP contribution in [0.4, 0.5) is 4.79 Å². The van der Waals surface area contributed by atoms with Gasteiger partial charge in [0.25, 0.3) is 0 Å². The van der Waals surface area contributed by atoms with Crippen molar-refractivity contribution in [2.45, 2.75) is 41.0 Å². The molecule has 0 heterocycles. The standard InChI is InChI=1S/C14H26ClNO2/c1-12(2)6-9-16(10-7-14(3,4)5)13(17)18-11-8-15/h6H,7-11H2,1-5H3. The second-order valence-corrected chi connectivity index (χ2v) is 6.22. The van der Waals surface area contributed by atoms with Gasteiger partial charge in [0.1, 0.15) is 6.61 Å². The number of hydrogen-bond donors (Lipinski definition) is 0. The molecule has 0 aliphatic carbocycles. The van der Waals surface area contributed by atoms with E-state index in [2.05, 4.69) is 20.8 Å². The minimum absolute atomic E-state index is 0.204. The average molecular weight is 276 g/mol. The molecule has 0 saturated carbocycles. The van der Waals surface area contributed by atoms with Gasteiger partial charge in [0.05, 0.1) is 5.88 Å². The Hall–Kier alpha value is -0.700. The molecule has 0 spiro atoms. The first-order valence-electron chi connectivity index (χ1n) is 6.37. The third-order valence-electron chi connectivity index (χ3n) is 2.41. The van der Waals surface area contributed by atoms with Crippen molar-refractivity contribution in [3.8, 4) is 0 Å². The van der Waals surface area contributed by atoms with E-state index < -0.39 is 0 Å². The first-order chi connectivity index (χ1) is 8.26. The second-order valence-electron chi connectivity index (χ2n) is 5.84. The van der Waals surface area contributed by atoms with E-state index in [0.29, 0.717) is 19.0 Å². The largest absolute Gasteiger partial charge is 0.448 e. The molecule has 0 aliphatic rings. The maximum Gasteiger partial charge on any atom is 0.410 e. The Morgan fingerprint density at radius 1 is 1.33 bits per heavy atom. The molecular weight excluding hydrogens is 250 g/mol. The first kappa shape index (κ1) is 17.3. The van der Waals surface area contributed by atoms with E-state index in [1.165, 1.54) is 5.57 Å². The van der Waals surface area contributed by atoms with Crippen LogP contribution in [0.15, 0.2) is 11.6 Å². The minimum atomic E-state index is -0.280. The van der Waals surface area contributed by atoms with Gasteiger partial charge in [-0.3, -0.25) is 0 Å². The third-order valence-corrected chi connectivity index (χ3v) is 2.57. The van der Waals surface area contributed by atoms with Crippen LogP contribution in [0.2, 0.25) is 0 Å². The van der Waals surface area contributed by atoms with Gasteiger partial charge in [-0.25, -0.2) is 4.79 Å². The molecule has 0 rings (SSSR count). The number of amides is 1. The van der Waals surface area contributed by atoms with Gasteiger partial charge in [-0.2, -0.15) is 0 Å². The van der Waals surface area contributed by atoms with Crippen LogP contribution in [0.1, 0.15) is 41.0 Å². The van der Waals surface area contributed by atoms with Gasteiger partial charge < -0.3 is 9.64 Å². The SMILES string of the molecule is CC(C)=CCN(CCC(C)(C)C)C(=O)OCCCl. The monoisotopic (exact) mass is 275 g/mol. The van der Waals surface area contributed by atoms with Gasteiger partial charge in [0, 0.05) is 13.1 Å². The molecule has 4 heteroatoms. The van der Waals surface area contributed by atoms with Gasteiger partial charge in [0.2, 0.25) is 0 Å². The highest BCUT2D eigenvalue weighted by Crippen LogP contribution is 2.19. The van der Waals surface area contributed by atoms with Crippen molar-refractivity contribution in [3.05, 3.63) is 11.6 Å². The molecule has 106 valence electrons. The molecule has 0 aromatic heterocycles. The lowest BCUT2D eigenvalue weighted by Crippen LogP contribution is -2.34. The third kappa shape index (κ3) is 9.34. The molecule has 1 amide bonds. The van der Waals surface area contributed by atoms with Crippen molar-refractivity contribution in [1.29, 1.82) is 0 Å². The van der Waals surface area contributed by atoms with Crippen molar-refractivity contribution in [2.75, 3.05) is 25.6 Å². The second kappa shape index (κ2) is 8.41. The zero-order valence-electron chi connectivity index (χ0n) is 12.3. The number of carbonyl (C=O) groups excluding carboxylic acids is 1. The predicted octanol–water partition coefficient (Wildman–Crippen LogP) is 4.07. The molecule has 0 radical (unpaired) electrons. The Bertz CT molecular complexity index is 278. The number of halogens is 1. The Kier molecular flexibility index (Phi) is 8.08. The lowest BCUT2D eigenvalue weighted by molar-refractivity contribution is 0.107. The molecule has 0 aromatic rings. The van der Waals surface area contributed by atoms with Crippen molar-refractivity contribution in [1.82, 2.24) is 4.90 Å². The van der Waals surface area contributed by atoms with E-state index in [-0.39, 0.29) is 18.1 Å². The smallest absolute Gasteiger partial charge is 0.410 e. The van der Waals surface area contributed by atoms with Gasteiger partial charge >= 0.3 is 6.09 Å². The molecule has 18 heavy (non-hydrogen) atoms. The summed E-state index contributed by atoms with van der Waals surface area (Å²) >= 11 is 5.52. The van der Waals surface area contributed by atoms with Crippen molar-refractivity contribution in [3.63, 3.8) is 0 Å². The molecule has 0 unspecified atom stereocenters. The molecule has 0 aromatic carbocycles. The molecule has 0 saturated heterocycles. The summed E-state index contributed by atoms with van der Waals surface area (Å²) in [5, 5.41) is 0. The quantitative estimate of drug-likeness (QED) is 0.540. The van der Waals surface area contributed by atoms with E-state index in [1.807, 2.05) is 19.9 Å². The van der Waals surface area contributed by atoms with E-state index in [0.717, 1.165) is 6.42 Å². The number of carbonyl (C=O) groups is 1. The highest BCUT2D eigenvalue weighted by Gasteiger charge is 2.17. The van der Waals surface area contributed by atoms with Crippen LogP contribution in [0, 0.1) is 5.41 Å². The average Bonchev–Trinajstić information content (AvgIpc) is 2.24. The van der Waals surface area contributed by atoms with Gasteiger partial charge in [-0.05, 0) is 25.7 Å². The van der Waals surface area contributed by atoms with Crippen LogP contribution in [-0.2, 0) is 4.74 Å². The summed E-state index contributed by atoms with van der Waals surface area (Å²) < 4.78 is 5.08. The summed E-state index contributed by atoms with van der Waals surface area (Å²) in [5.74, 6) is 0.335. The zero-order chi connectivity index (χ0) is 14.2. The first-order valence-corrected chi connectivity index (χ1v) is 6.91. The Morgan fingerprint density at radius 3 is 2.39 bits per heavy atom. The summed E-state index contributed by atoms with van der Waals surface area (Å²) in [7, 11) is 0. The van der Waals surface area contributed by atoms with Crippen LogP contribution >= 0.6 is 11.6 Å². The fraction of sp³-hybridized carbons (Fsp3) is 0.786. The molecular formula is C14H26ClNO2. The number of ether oxygens (including phenoxy) is 1. The molecule has 0 N–H and O–H groups in total. The summed E-state index contributed by atoms with van der Waals surface area (Å²) in [6.07, 6.45) is 2.70. The van der Waals surface area contributed by atoms with Crippen LogP contribution < -0.4 is 0 Å². The van der Waals surface area contributed by atoms with Gasteiger partial charge in [-0.15, -0.1) is 11.6 Å². The van der Waals surface area contributed by atoms with Crippen molar-refractivity contribution in [2.24, 2.45) is 5.41 Å². The van der Waals surface area contributed by atoms with Crippen LogP contribution in [-0.4, -0.2) is 36.6 Å². The highest BCUT2D eigenvalue weighted by molar-refractivity contribution is 6.18. The van der Waals surface area contributed by atoms with Gasteiger partial charge in [0.15, 0.2) is 0 Å². The van der Waals surface area contributed by atoms with Crippen LogP contribution in [0.3, 0.4) is 0 Å². The topological polar surface area (TPSA) is 29.5 Å². The number of nitrogens with zero attached hydrogens (tertiary/aromatic N) is 1. The number of allylic oxidation sites excluding steroid dienone is 1. The fourth-order valence-corrected chi connectivity index (χ4v) is 1.31. The van der Waals surface area contributed by atoms with E-state index in [4.69, 9.17) is 16.3 Å². The number of hydrogen-bond acceptors (Lipinski definition) is 2. The lowest BCUT2D eigenvalue weighted by atomic mass is 9.92. The Labute approximate surface area is 116 Å². The lowest BCUT2D eigenvalue weighted by Gasteiger charge is -2.25. The van der Waals surface area contributed by atoms with E-state index >= 15 is 0 Å². The van der Waals surface area contributed by atoms with Gasteiger partial charge in [-0.1, -0.05) is 32.4 Å².